The highest BCUT2D eigenvalue weighted by Gasteiger charge is 2.31. The van der Waals surface area contributed by atoms with Crippen molar-refractivity contribution in [2.45, 2.75) is 25.3 Å². The molecular formula is C20H29ClN4O3. The molecule has 2 heterocycles. The summed E-state index contributed by atoms with van der Waals surface area (Å²) in [4.78, 5) is 28.8. The minimum absolute atomic E-state index is 0. The van der Waals surface area contributed by atoms with E-state index < -0.39 is 0 Å². The fraction of sp³-hybridized carbons (Fsp3) is 0.600. The van der Waals surface area contributed by atoms with Gasteiger partial charge in [-0.05, 0) is 31.4 Å². The van der Waals surface area contributed by atoms with Crippen molar-refractivity contribution in [3.8, 4) is 5.75 Å². The molecule has 0 spiro atoms. The minimum Gasteiger partial charge on any atom is -0.484 e. The van der Waals surface area contributed by atoms with E-state index in [-0.39, 0.29) is 36.7 Å². The molecule has 154 valence electrons. The third-order valence-electron chi connectivity index (χ3n) is 5.60. The predicted molar refractivity (Wildman–Crippen MR) is 110 cm³/mol. The molecule has 1 aromatic rings. The molecule has 7 nitrogen and oxygen atoms in total. The van der Waals surface area contributed by atoms with Crippen LogP contribution in [0.25, 0.3) is 0 Å². The number of amides is 2. The van der Waals surface area contributed by atoms with E-state index in [0.29, 0.717) is 11.8 Å². The van der Waals surface area contributed by atoms with Crippen molar-refractivity contribution in [1.82, 2.24) is 15.1 Å². The second-order valence-corrected chi connectivity index (χ2v) is 7.65. The molecule has 1 saturated carbocycles. The number of likely N-dealkylation sites (tertiary alicyclic amines) is 1. The molecule has 4 rings (SSSR count). The van der Waals surface area contributed by atoms with Gasteiger partial charge in [0.15, 0.2) is 6.61 Å². The van der Waals surface area contributed by atoms with E-state index >= 15 is 0 Å². The van der Waals surface area contributed by atoms with E-state index in [4.69, 9.17) is 4.74 Å². The SMILES string of the molecule is Cl.O=C(Nc1cccc(OCC(=O)N2CCC(N3CCNCC3)C2)c1)C1CC1. The maximum atomic E-state index is 12.5. The lowest BCUT2D eigenvalue weighted by molar-refractivity contribution is -0.132. The van der Waals surface area contributed by atoms with Crippen molar-refractivity contribution in [1.29, 1.82) is 0 Å². The number of carbonyl (C=O) groups is 2. The molecule has 1 unspecified atom stereocenters. The fourth-order valence-electron chi connectivity index (χ4n) is 3.80. The molecule has 1 aliphatic carbocycles. The summed E-state index contributed by atoms with van der Waals surface area (Å²) in [6.45, 7) is 5.80. The molecular weight excluding hydrogens is 380 g/mol. The van der Waals surface area contributed by atoms with Crippen molar-refractivity contribution in [2.75, 3.05) is 51.2 Å². The molecule has 8 heteroatoms. The van der Waals surface area contributed by atoms with Gasteiger partial charge in [-0.2, -0.15) is 0 Å². The fourth-order valence-corrected chi connectivity index (χ4v) is 3.80. The predicted octanol–water partition coefficient (Wildman–Crippen LogP) is 1.34. The molecule has 2 aliphatic heterocycles. The van der Waals surface area contributed by atoms with Gasteiger partial charge in [-0.1, -0.05) is 6.07 Å². The summed E-state index contributed by atoms with van der Waals surface area (Å²) in [6, 6.07) is 7.73. The smallest absolute Gasteiger partial charge is 0.260 e. The highest BCUT2D eigenvalue weighted by atomic mass is 35.5. The molecule has 2 saturated heterocycles. The number of rotatable bonds is 6. The van der Waals surface area contributed by atoms with Crippen molar-refractivity contribution in [2.24, 2.45) is 5.92 Å². The van der Waals surface area contributed by atoms with Crippen LogP contribution in [0.15, 0.2) is 24.3 Å². The van der Waals surface area contributed by atoms with E-state index in [0.717, 1.165) is 64.2 Å². The third kappa shape index (κ3) is 5.37. The Kier molecular flexibility index (Phi) is 7.15. The number of hydrogen-bond donors (Lipinski definition) is 2. The van der Waals surface area contributed by atoms with Gasteiger partial charge < -0.3 is 20.3 Å². The molecule has 0 aromatic heterocycles. The number of benzene rings is 1. The number of carbonyl (C=O) groups excluding carboxylic acids is 2. The molecule has 2 amide bonds. The van der Waals surface area contributed by atoms with Crippen LogP contribution in [0.5, 0.6) is 5.75 Å². The van der Waals surface area contributed by atoms with Crippen molar-refractivity contribution in [3.63, 3.8) is 0 Å². The van der Waals surface area contributed by atoms with Crippen LogP contribution in [0.3, 0.4) is 0 Å². The normalized spacial score (nSPS) is 22.4. The van der Waals surface area contributed by atoms with Crippen LogP contribution in [0, 0.1) is 5.92 Å². The highest BCUT2D eigenvalue weighted by Crippen LogP contribution is 2.30. The zero-order valence-corrected chi connectivity index (χ0v) is 16.9. The number of ether oxygens (including phenoxy) is 1. The molecule has 3 aliphatic rings. The number of nitrogens with zero attached hydrogens (tertiary/aromatic N) is 2. The summed E-state index contributed by atoms with van der Waals surface area (Å²) in [6.07, 6.45) is 2.98. The third-order valence-corrected chi connectivity index (χ3v) is 5.60. The van der Waals surface area contributed by atoms with Gasteiger partial charge in [0.1, 0.15) is 5.75 Å². The summed E-state index contributed by atoms with van der Waals surface area (Å²) >= 11 is 0. The molecule has 1 atom stereocenters. The first-order valence-electron chi connectivity index (χ1n) is 9.95. The summed E-state index contributed by atoms with van der Waals surface area (Å²) < 4.78 is 5.69. The second kappa shape index (κ2) is 9.58. The maximum Gasteiger partial charge on any atom is 0.260 e. The average molecular weight is 409 g/mol. The van der Waals surface area contributed by atoms with E-state index in [9.17, 15) is 9.59 Å². The Morgan fingerprint density at radius 3 is 2.68 bits per heavy atom. The zero-order chi connectivity index (χ0) is 18.6. The second-order valence-electron chi connectivity index (χ2n) is 7.65. The lowest BCUT2D eigenvalue weighted by Crippen LogP contribution is -2.49. The molecule has 0 bridgehead atoms. The molecule has 1 aromatic carbocycles. The Balaban J connectivity index is 0.00000225. The lowest BCUT2D eigenvalue weighted by Gasteiger charge is -2.32. The Labute approximate surface area is 172 Å². The van der Waals surface area contributed by atoms with Gasteiger partial charge >= 0.3 is 0 Å². The van der Waals surface area contributed by atoms with E-state index in [1.54, 1.807) is 6.07 Å². The largest absolute Gasteiger partial charge is 0.484 e. The molecule has 2 N–H and O–H groups in total. The quantitative estimate of drug-likeness (QED) is 0.743. The van der Waals surface area contributed by atoms with Gasteiger partial charge in [-0.15, -0.1) is 12.4 Å². The standard InChI is InChI=1S/C20H28N4O3.ClH/c25-19(24-9-6-17(13-24)23-10-7-21-8-11-23)14-27-18-3-1-2-16(12-18)22-20(26)15-4-5-15;/h1-3,12,15,17,21H,4-11,13-14H2,(H,22,26);1H. The van der Waals surface area contributed by atoms with Crippen molar-refractivity contribution in [3.05, 3.63) is 24.3 Å². The van der Waals surface area contributed by atoms with Crippen molar-refractivity contribution < 1.29 is 14.3 Å². The first-order valence-corrected chi connectivity index (χ1v) is 9.95. The van der Waals surface area contributed by atoms with Crippen molar-refractivity contribution >= 4 is 29.9 Å². The van der Waals surface area contributed by atoms with Crippen LogP contribution in [0.1, 0.15) is 19.3 Å². The number of nitrogens with one attached hydrogen (secondary N) is 2. The highest BCUT2D eigenvalue weighted by molar-refractivity contribution is 5.94. The van der Waals surface area contributed by atoms with Gasteiger partial charge in [0, 0.05) is 63.0 Å². The van der Waals surface area contributed by atoms with Crippen LogP contribution in [0.2, 0.25) is 0 Å². The Morgan fingerprint density at radius 2 is 1.93 bits per heavy atom. The summed E-state index contributed by atoms with van der Waals surface area (Å²) in [5.74, 6) is 0.865. The summed E-state index contributed by atoms with van der Waals surface area (Å²) in [7, 11) is 0. The topological polar surface area (TPSA) is 73.9 Å². The average Bonchev–Trinajstić information content (AvgIpc) is 3.44. The van der Waals surface area contributed by atoms with E-state index in [1.165, 1.54) is 0 Å². The molecule has 3 fully saturated rings. The summed E-state index contributed by atoms with van der Waals surface area (Å²) in [5.41, 5.74) is 0.719. The van der Waals surface area contributed by atoms with Gasteiger partial charge in [-0.25, -0.2) is 0 Å². The Bertz CT molecular complexity index is 692. The van der Waals surface area contributed by atoms with Crippen LogP contribution in [0.4, 0.5) is 5.69 Å². The van der Waals surface area contributed by atoms with Gasteiger partial charge in [0.2, 0.25) is 5.91 Å². The zero-order valence-electron chi connectivity index (χ0n) is 16.1. The van der Waals surface area contributed by atoms with Crippen LogP contribution in [-0.4, -0.2) is 73.5 Å². The van der Waals surface area contributed by atoms with Crippen LogP contribution < -0.4 is 15.4 Å². The molecule has 28 heavy (non-hydrogen) atoms. The first kappa shape index (κ1) is 20.9. The Hall–Kier alpha value is -1.83. The van der Waals surface area contributed by atoms with Gasteiger partial charge in [-0.3, -0.25) is 14.5 Å². The summed E-state index contributed by atoms with van der Waals surface area (Å²) in [5, 5.41) is 6.27. The first-order chi connectivity index (χ1) is 13.2. The lowest BCUT2D eigenvalue weighted by atomic mass is 10.2. The number of piperazine rings is 1. The van der Waals surface area contributed by atoms with E-state index in [1.807, 2.05) is 23.1 Å². The number of anilines is 1. The van der Waals surface area contributed by atoms with Gasteiger partial charge in [0.25, 0.3) is 5.91 Å². The van der Waals surface area contributed by atoms with Crippen LogP contribution >= 0.6 is 12.4 Å². The monoisotopic (exact) mass is 408 g/mol. The Morgan fingerprint density at radius 1 is 1.14 bits per heavy atom. The number of halogens is 1. The number of hydrogen-bond acceptors (Lipinski definition) is 5. The minimum atomic E-state index is 0. The van der Waals surface area contributed by atoms with Crippen LogP contribution in [-0.2, 0) is 9.59 Å². The molecule has 0 radical (unpaired) electrons. The maximum absolute atomic E-state index is 12.5. The van der Waals surface area contributed by atoms with E-state index in [2.05, 4.69) is 15.5 Å². The van der Waals surface area contributed by atoms with Gasteiger partial charge in [0.05, 0.1) is 0 Å².